The first kappa shape index (κ1) is 14.2. The number of nitrogens with one attached hydrogen (secondary N) is 1. The van der Waals surface area contributed by atoms with Crippen LogP contribution in [0.5, 0.6) is 0 Å². The van der Waals surface area contributed by atoms with Gasteiger partial charge >= 0.3 is 0 Å². The maximum absolute atomic E-state index is 4.17. The number of hydrogen-bond acceptors (Lipinski definition) is 3. The van der Waals surface area contributed by atoms with Crippen LogP contribution < -0.4 is 5.32 Å². The van der Waals surface area contributed by atoms with Crippen LogP contribution >= 0.6 is 0 Å². The van der Waals surface area contributed by atoms with Gasteiger partial charge in [-0.25, -0.2) is 0 Å². The molecule has 2 atom stereocenters. The molecule has 17 heavy (non-hydrogen) atoms. The van der Waals surface area contributed by atoms with Crippen LogP contribution in [0.3, 0.4) is 0 Å². The van der Waals surface area contributed by atoms with E-state index in [-0.39, 0.29) is 0 Å². The third kappa shape index (κ3) is 5.31. The molecule has 0 aromatic carbocycles. The summed E-state index contributed by atoms with van der Waals surface area (Å²) in [6, 6.07) is 0.529. The fraction of sp³-hybridized carbons (Fsp3) is 0.846. The van der Waals surface area contributed by atoms with Crippen molar-refractivity contribution in [3.05, 3.63) is 11.9 Å². The Hall–Kier alpha value is -0.900. The van der Waals surface area contributed by atoms with Crippen LogP contribution in [-0.4, -0.2) is 27.6 Å². The Kier molecular flexibility index (Phi) is 6.19. The predicted octanol–water partition coefficient (Wildman–Crippen LogP) is 2.16. The third-order valence-corrected chi connectivity index (χ3v) is 3.17. The molecule has 1 N–H and O–H groups in total. The molecule has 98 valence electrons. The lowest BCUT2D eigenvalue weighted by molar-refractivity contribution is 0.389. The van der Waals surface area contributed by atoms with Crippen LogP contribution in [0, 0.1) is 5.92 Å². The lowest BCUT2D eigenvalue weighted by Crippen LogP contribution is -2.33. The van der Waals surface area contributed by atoms with Crippen molar-refractivity contribution in [2.45, 2.75) is 52.5 Å². The molecule has 0 radical (unpaired) electrons. The number of aryl methyl sites for hydroxylation is 1. The number of nitrogens with zero attached hydrogens (tertiary/aromatic N) is 3. The van der Waals surface area contributed by atoms with E-state index < -0.39 is 0 Å². The molecule has 0 bridgehead atoms. The summed E-state index contributed by atoms with van der Waals surface area (Å²) in [4.78, 5) is 0. The Balaban J connectivity index is 2.50. The molecule has 0 saturated heterocycles. The van der Waals surface area contributed by atoms with Gasteiger partial charge in [0.25, 0.3) is 0 Å². The van der Waals surface area contributed by atoms with Crippen molar-refractivity contribution in [3.8, 4) is 0 Å². The van der Waals surface area contributed by atoms with Crippen LogP contribution in [-0.2, 0) is 13.5 Å². The Labute approximate surface area is 105 Å². The second-order valence-corrected chi connectivity index (χ2v) is 4.99. The van der Waals surface area contributed by atoms with E-state index in [1.165, 1.54) is 19.3 Å². The van der Waals surface area contributed by atoms with Gasteiger partial charge < -0.3 is 5.32 Å². The zero-order valence-electron chi connectivity index (χ0n) is 11.6. The molecule has 0 aliphatic carbocycles. The Morgan fingerprint density at radius 1 is 1.41 bits per heavy atom. The molecule has 4 heteroatoms. The first-order valence-corrected chi connectivity index (χ1v) is 6.74. The van der Waals surface area contributed by atoms with Gasteiger partial charge in [-0.05, 0) is 25.3 Å². The maximum atomic E-state index is 4.17. The molecule has 1 rings (SSSR count). The summed E-state index contributed by atoms with van der Waals surface area (Å²) in [5.74, 6) is 0.765. The van der Waals surface area contributed by atoms with Crippen molar-refractivity contribution in [3.63, 3.8) is 0 Å². The van der Waals surface area contributed by atoms with Crippen LogP contribution in [0.25, 0.3) is 0 Å². The molecule has 0 aliphatic rings. The largest absolute Gasteiger partial charge is 0.314 e. The van der Waals surface area contributed by atoms with Gasteiger partial charge in [-0.1, -0.05) is 32.4 Å². The summed E-state index contributed by atoms with van der Waals surface area (Å²) in [6.45, 7) is 7.86. The van der Waals surface area contributed by atoms with Gasteiger partial charge in [-0.15, -0.1) is 5.10 Å². The summed E-state index contributed by atoms with van der Waals surface area (Å²) < 4.78 is 1.77. The Bertz CT molecular complexity index is 308. The van der Waals surface area contributed by atoms with E-state index in [0.717, 1.165) is 24.6 Å². The van der Waals surface area contributed by atoms with E-state index in [1.54, 1.807) is 4.68 Å². The first-order valence-electron chi connectivity index (χ1n) is 6.74. The van der Waals surface area contributed by atoms with Gasteiger partial charge in [0.15, 0.2) is 0 Å². The van der Waals surface area contributed by atoms with E-state index in [0.29, 0.717) is 6.04 Å². The van der Waals surface area contributed by atoms with Crippen LogP contribution in [0.4, 0.5) is 0 Å². The highest BCUT2D eigenvalue weighted by Crippen LogP contribution is 2.13. The summed E-state index contributed by atoms with van der Waals surface area (Å²) in [5, 5.41) is 11.8. The smallest absolute Gasteiger partial charge is 0.0842 e. The maximum Gasteiger partial charge on any atom is 0.0842 e. The third-order valence-electron chi connectivity index (χ3n) is 3.17. The molecule has 0 spiro atoms. The summed E-state index contributed by atoms with van der Waals surface area (Å²) >= 11 is 0. The molecular formula is C13H26N4. The molecular weight excluding hydrogens is 212 g/mol. The molecule has 0 aliphatic heterocycles. The quantitative estimate of drug-likeness (QED) is 0.754. The van der Waals surface area contributed by atoms with Gasteiger partial charge in [0, 0.05) is 25.7 Å². The van der Waals surface area contributed by atoms with Crippen molar-refractivity contribution in [1.82, 2.24) is 20.3 Å². The fourth-order valence-corrected chi connectivity index (χ4v) is 1.98. The normalized spacial score (nSPS) is 14.8. The van der Waals surface area contributed by atoms with Gasteiger partial charge in [0.2, 0.25) is 0 Å². The van der Waals surface area contributed by atoms with Crippen molar-refractivity contribution in [2.75, 3.05) is 6.54 Å². The second kappa shape index (κ2) is 7.43. The Morgan fingerprint density at radius 2 is 2.18 bits per heavy atom. The van der Waals surface area contributed by atoms with E-state index in [9.17, 15) is 0 Å². The SMILES string of the molecule is CCCNC(Cc1cn(C)nn1)CC(C)CC. The van der Waals surface area contributed by atoms with Crippen molar-refractivity contribution in [1.29, 1.82) is 0 Å². The highest BCUT2D eigenvalue weighted by Gasteiger charge is 2.13. The van der Waals surface area contributed by atoms with Gasteiger partial charge in [-0.2, -0.15) is 0 Å². The lowest BCUT2D eigenvalue weighted by Gasteiger charge is -2.20. The van der Waals surface area contributed by atoms with Crippen LogP contribution in [0.15, 0.2) is 6.20 Å². The monoisotopic (exact) mass is 238 g/mol. The number of aromatic nitrogens is 3. The van der Waals surface area contributed by atoms with Gasteiger partial charge in [0.05, 0.1) is 5.69 Å². The molecule has 1 heterocycles. The molecule has 1 aromatic heterocycles. The van der Waals surface area contributed by atoms with Gasteiger partial charge in [-0.3, -0.25) is 4.68 Å². The Morgan fingerprint density at radius 3 is 2.71 bits per heavy atom. The zero-order chi connectivity index (χ0) is 12.7. The molecule has 2 unspecified atom stereocenters. The van der Waals surface area contributed by atoms with Crippen molar-refractivity contribution >= 4 is 0 Å². The minimum absolute atomic E-state index is 0.529. The minimum Gasteiger partial charge on any atom is -0.314 e. The van der Waals surface area contributed by atoms with Gasteiger partial charge in [0.1, 0.15) is 0 Å². The molecule has 0 saturated carbocycles. The number of rotatable bonds is 8. The van der Waals surface area contributed by atoms with Crippen molar-refractivity contribution < 1.29 is 0 Å². The van der Waals surface area contributed by atoms with Crippen LogP contribution in [0.1, 0.15) is 45.7 Å². The topological polar surface area (TPSA) is 42.7 Å². The lowest BCUT2D eigenvalue weighted by atomic mass is 9.96. The molecule has 1 aromatic rings. The minimum atomic E-state index is 0.529. The summed E-state index contributed by atoms with van der Waals surface area (Å²) in [5.41, 5.74) is 1.09. The summed E-state index contributed by atoms with van der Waals surface area (Å²) in [6.07, 6.45) is 6.63. The molecule has 0 amide bonds. The average Bonchev–Trinajstić information content (AvgIpc) is 2.71. The highest BCUT2D eigenvalue weighted by atomic mass is 15.4. The van der Waals surface area contributed by atoms with Crippen molar-refractivity contribution in [2.24, 2.45) is 13.0 Å². The van der Waals surface area contributed by atoms with Crippen LogP contribution in [0.2, 0.25) is 0 Å². The van der Waals surface area contributed by atoms with E-state index in [2.05, 4.69) is 36.4 Å². The van der Waals surface area contributed by atoms with E-state index in [1.807, 2.05) is 13.2 Å². The second-order valence-electron chi connectivity index (χ2n) is 4.99. The number of hydrogen-bond donors (Lipinski definition) is 1. The molecule has 0 fully saturated rings. The standard InChI is InChI=1S/C13H26N4/c1-5-7-14-12(8-11(3)6-2)9-13-10-17(4)16-15-13/h10-12,14H,5-9H2,1-4H3. The zero-order valence-corrected chi connectivity index (χ0v) is 11.6. The van der Waals surface area contributed by atoms with E-state index >= 15 is 0 Å². The van der Waals surface area contributed by atoms with E-state index in [4.69, 9.17) is 0 Å². The molecule has 4 nitrogen and oxygen atoms in total. The first-order chi connectivity index (χ1) is 8.15. The summed E-state index contributed by atoms with van der Waals surface area (Å²) in [7, 11) is 1.92. The predicted molar refractivity (Wildman–Crippen MR) is 70.9 cm³/mol. The highest BCUT2D eigenvalue weighted by molar-refractivity contribution is 4.96. The average molecular weight is 238 g/mol. The fourth-order valence-electron chi connectivity index (χ4n) is 1.98.